The second-order valence-electron chi connectivity index (χ2n) is 5.37. The predicted molar refractivity (Wildman–Crippen MR) is 86.6 cm³/mol. The number of pyridine rings is 1. The lowest BCUT2D eigenvalue weighted by atomic mass is 10.2. The van der Waals surface area contributed by atoms with Crippen molar-refractivity contribution in [2.75, 3.05) is 13.6 Å². The molecule has 2 heterocycles. The van der Waals surface area contributed by atoms with Crippen LogP contribution in [-0.4, -0.2) is 33.4 Å². The summed E-state index contributed by atoms with van der Waals surface area (Å²) >= 11 is 0. The van der Waals surface area contributed by atoms with Crippen molar-refractivity contribution in [3.63, 3.8) is 0 Å². The zero-order valence-corrected chi connectivity index (χ0v) is 12.5. The minimum atomic E-state index is -0.0804. The second kappa shape index (κ2) is 6.49. The number of likely N-dealkylation sites (N-methyl/N-ethyl adjacent to an activating group) is 1. The minimum absolute atomic E-state index is 0.0804. The molecule has 3 rings (SSSR count). The number of aromatic amines is 1. The van der Waals surface area contributed by atoms with E-state index in [2.05, 4.69) is 19.9 Å². The Morgan fingerprint density at radius 2 is 1.91 bits per heavy atom. The third-order valence-corrected chi connectivity index (χ3v) is 3.61. The summed E-state index contributed by atoms with van der Waals surface area (Å²) in [6.07, 6.45) is 4.55. The third-order valence-electron chi connectivity index (χ3n) is 3.61. The first-order chi connectivity index (χ1) is 10.7. The lowest BCUT2D eigenvalue weighted by molar-refractivity contribution is 0.322. The normalized spacial score (nSPS) is 11.2. The number of aromatic nitrogens is 3. The van der Waals surface area contributed by atoms with E-state index in [-0.39, 0.29) is 5.56 Å². The number of para-hydroxylation sites is 1. The molecule has 1 N–H and O–H groups in total. The lowest BCUT2D eigenvalue weighted by Crippen LogP contribution is -2.24. The van der Waals surface area contributed by atoms with Crippen LogP contribution in [0.4, 0.5) is 0 Å². The molecule has 2 aromatic heterocycles. The molecule has 3 aromatic rings. The first-order valence-electron chi connectivity index (χ1n) is 7.28. The summed E-state index contributed by atoms with van der Waals surface area (Å²) < 4.78 is 0. The highest BCUT2D eigenvalue weighted by molar-refractivity contribution is 5.77. The minimum Gasteiger partial charge on any atom is -0.309 e. The van der Waals surface area contributed by atoms with E-state index >= 15 is 0 Å². The number of benzene rings is 1. The summed E-state index contributed by atoms with van der Waals surface area (Å²) in [7, 11) is 2.02. The van der Waals surface area contributed by atoms with Crippen LogP contribution in [0.25, 0.3) is 10.9 Å². The number of hydrogen-bond donors (Lipinski definition) is 1. The van der Waals surface area contributed by atoms with Gasteiger partial charge >= 0.3 is 0 Å². The van der Waals surface area contributed by atoms with Gasteiger partial charge in [0.1, 0.15) is 5.82 Å². The molecule has 0 fully saturated rings. The summed E-state index contributed by atoms with van der Waals surface area (Å²) in [4.78, 5) is 25.6. The molecule has 5 heteroatoms. The molecule has 0 aliphatic rings. The van der Waals surface area contributed by atoms with Crippen molar-refractivity contribution in [2.45, 2.75) is 13.0 Å². The maximum Gasteiger partial charge on any atom is 0.258 e. The lowest BCUT2D eigenvalue weighted by Gasteiger charge is -2.16. The Morgan fingerprint density at radius 3 is 2.73 bits per heavy atom. The van der Waals surface area contributed by atoms with E-state index in [1.165, 1.54) is 5.56 Å². The van der Waals surface area contributed by atoms with Crippen LogP contribution in [0, 0.1) is 0 Å². The summed E-state index contributed by atoms with van der Waals surface area (Å²) in [6, 6.07) is 11.4. The van der Waals surface area contributed by atoms with Crippen molar-refractivity contribution in [1.29, 1.82) is 0 Å². The molecular weight excluding hydrogens is 276 g/mol. The van der Waals surface area contributed by atoms with Gasteiger partial charge in [-0.05, 0) is 43.3 Å². The molecule has 5 nitrogen and oxygen atoms in total. The van der Waals surface area contributed by atoms with Gasteiger partial charge in [-0.2, -0.15) is 0 Å². The van der Waals surface area contributed by atoms with E-state index in [9.17, 15) is 4.79 Å². The van der Waals surface area contributed by atoms with E-state index in [0.29, 0.717) is 17.8 Å². The second-order valence-corrected chi connectivity index (χ2v) is 5.37. The van der Waals surface area contributed by atoms with Crippen molar-refractivity contribution in [3.05, 3.63) is 70.5 Å². The topological polar surface area (TPSA) is 61.9 Å². The van der Waals surface area contributed by atoms with Gasteiger partial charge in [-0.3, -0.25) is 14.7 Å². The van der Waals surface area contributed by atoms with Crippen LogP contribution in [0.15, 0.2) is 53.6 Å². The van der Waals surface area contributed by atoms with Gasteiger partial charge in [-0.25, -0.2) is 4.98 Å². The fraction of sp³-hybridized carbons (Fsp3) is 0.235. The van der Waals surface area contributed by atoms with Crippen molar-refractivity contribution in [2.24, 2.45) is 0 Å². The third kappa shape index (κ3) is 3.38. The average molecular weight is 294 g/mol. The number of rotatable bonds is 5. The first kappa shape index (κ1) is 14.4. The van der Waals surface area contributed by atoms with Crippen LogP contribution in [0.5, 0.6) is 0 Å². The molecule has 0 aliphatic carbocycles. The Hall–Kier alpha value is -2.53. The zero-order valence-electron chi connectivity index (χ0n) is 12.5. The molecule has 0 saturated heterocycles. The molecule has 0 saturated carbocycles. The van der Waals surface area contributed by atoms with E-state index in [0.717, 1.165) is 18.5 Å². The summed E-state index contributed by atoms with van der Waals surface area (Å²) in [6.45, 7) is 1.51. The fourth-order valence-electron chi connectivity index (χ4n) is 2.41. The van der Waals surface area contributed by atoms with Gasteiger partial charge in [0.2, 0.25) is 0 Å². The van der Waals surface area contributed by atoms with Crippen LogP contribution in [-0.2, 0) is 13.0 Å². The smallest absolute Gasteiger partial charge is 0.258 e. The van der Waals surface area contributed by atoms with E-state index in [1.807, 2.05) is 37.4 Å². The number of H-pyrrole nitrogens is 1. The summed E-state index contributed by atoms with van der Waals surface area (Å²) in [5.74, 6) is 0.695. The van der Waals surface area contributed by atoms with E-state index < -0.39 is 0 Å². The Bertz CT molecular complexity index is 814. The van der Waals surface area contributed by atoms with Gasteiger partial charge in [0, 0.05) is 18.9 Å². The van der Waals surface area contributed by atoms with Gasteiger partial charge in [-0.1, -0.05) is 12.1 Å². The van der Waals surface area contributed by atoms with E-state index in [1.54, 1.807) is 18.5 Å². The Labute approximate surface area is 128 Å². The van der Waals surface area contributed by atoms with Gasteiger partial charge < -0.3 is 4.98 Å². The quantitative estimate of drug-likeness (QED) is 0.782. The van der Waals surface area contributed by atoms with Crippen LogP contribution < -0.4 is 5.56 Å². The average Bonchev–Trinajstić information content (AvgIpc) is 2.54. The van der Waals surface area contributed by atoms with Gasteiger partial charge in [-0.15, -0.1) is 0 Å². The molecule has 0 aliphatic heterocycles. The van der Waals surface area contributed by atoms with E-state index in [4.69, 9.17) is 0 Å². The molecule has 0 amide bonds. The van der Waals surface area contributed by atoms with Crippen LogP contribution in [0.3, 0.4) is 0 Å². The number of nitrogens with zero attached hydrogens (tertiary/aromatic N) is 3. The van der Waals surface area contributed by atoms with Gasteiger partial charge in [0.05, 0.1) is 17.4 Å². The SMILES string of the molecule is CN(CCc1ccncc1)Cc1nc2ccccc2c(=O)[nH]1. The van der Waals surface area contributed by atoms with Crippen molar-refractivity contribution >= 4 is 10.9 Å². The highest BCUT2D eigenvalue weighted by Gasteiger charge is 2.06. The van der Waals surface area contributed by atoms with Gasteiger partial charge in [0.15, 0.2) is 0 Å². The Kier molecular flexibility index (Phi) is 4.25. The standard InChI is InChI=1S/C17H18N4O/c1-21(11-8-13-6-9-18-10-7-13)12-16-19-15-5-3-2-4-14(15)17(22)20-16/h2-7,9-10H,8,11-12H2,1H3,(H,19,20,22). The Morgan fingerprint density at radius 1 is 1.14 bits per heavy atom. The summed E-state index contributed by atoms with van der Waals surface area (Å²) in [5, 5.41) is 0.630. The molecule has 0 unspecified atom stereocenters. The van der Waals surface area contributed by atoms with Crippen molar-refractivity contribution in [3.8, 4) is 0 Å². The van der Waals surface area contributed by atoms with Gasteiger partial charge in [0.25, 0.3) is 5.56 Å². The molecule has 112 valence electrons. The zero-order chi connectivity index (χ0) is 15.4. The van der Waals surface area contributed by atoms with Crippen molar-refractivity contribution < 1.29 is 0 Å². The first-order valence-corrected chi connectivity index (χ1v) is 7.28. The number of nitrogens with one attached hydrogen (secondary N) is 1. The molecule has 0 spiro atoms. The molecular formula is C17H18N4O. The largest absolute Gasteiger partial charge is 0.309 e. The van der Waals surface area contributed by atoms with Crippen molar-refractivity contribution in [1.82, 2.24) is 19.9 Å². The Balaban J connectivity index is 1.69. The highest BCUT2D eigenvalue weighted by Crippen LogP contribution is 2.07. The molecule has 22 heavy (non-hydrogen) atoms. The molecule has 1 aromatic carbocycles. The predicted octanol–water partition coefficient (Wildman–Crippen LogP) is 1.99. The highest BCUT2D eigenvalue weighted by atomic mass is 16.1. The fourth-order valence-corrected chi connectivity index (χ4v) is 2.41. The molecule has 0 radical (unpaired) electrons. The maximum atomic E-state index is 12.0. The number of hydrogen-bond acceptors (Lipinski definition) is 4. The van der Waals surface area contributed by atoms with Crippen LogP contribution in [0.1, 0.15) is 11.4 Å². The monoisotopic (exact) mass is 294 g/mol. The molecule has 0 atom stereocenters. The summed E-state index contributed by atoms with van der Waals surface area (Å²) in [5.41, 5.74) is 1.91. The molecule has 0 bridgehead atoms. The number of fused-ring (bicyclic) bond motifs is 1. The van der Waals surface area contributed by atoms with Crippen LogP contribution >= 0.6 is 0 Å². The van der Waals surface area contributed by atoms with Crippen LogP contribution in [0.2, 0.25) is 0 Å². The maximum absolute atomic E-state index is 12.0.